The molecule has 3 atom stereocenters. The third kappa shape index (κ3) is 2.36. The monoisotopic (exact) mass is 249 g/mol. The summed E-state index contributed by atoms with van der Waals surface area (Å²) in [6.45, 7) is 2.07. The molecule has 0 saturated heterocycles. The van der Waals surface area contributed by atoms with Crippen molar-refractivity contribution in [3.05, 3.63) is 34.3 Å². The van der Waals surface area contributed by atoms with Gasteiger partial charge in [-0.25, -0.2) is 0 Å². The van der Waals surface area contributed by atoms with E-state index in [2.05, 4.69) is 19.1 Å². The van der Waals surface area contributed by atoms with Crippen LogP contribution in [0, 0.1) is 24.7 Å². The van der Waals surface area contributed by atoms with E-state index in [1.807, 2.05) is 6.07 Å². The molecule has 3 rings (SSSR count). The van der Waals surface area contributed by atoms with Gasteiger partial charge in [0.25, 0.3) is 0 Å². The maximum atomic E-state index is 6.34. The lowest BCUT2D eigenvalue weighted by molar-refractivity contribution is 0.392. The van der Waals surface area contributed by atoms with Crippen molar-refractivity contribution in [3.63, 3.8) is 0 Å². The first-order chi connectivity index (χ1) is 8.13. The van der Waals surface area contributed by atoms with Gasteiger partial charge in [0.05, 0.1) is 0 Å². The van der Waals surface area contributed by atoms with Crippen LogP contribution >= 0.6 is 11.6 Å². The molecule has 1 aromatic rings. The van der Waals surface area contributed by atoms with Gasteiger partial charge in [0, 0.05) is 11.1 Å². The van der Waals surface area contributed by atoms with Crippen LogP contribution in [0.15, 0.2) is 18.2 Å². The number of hydrogen-bond donors (Lipinski definition) is 1. The van der Waals surface area contributed by atoms with E-state index in [1.165, 1.54) is 30.4 Å². The molecule has 2 N–H and O–H groups in total. The Bertz CT molecular complexity index is 419. The molecule has 2 saturated carbocycles. The first-order valence-electron chi connectivity index (χ1n) is 6.64. The first kappa shape index (κ1) is 11.6. The van der Waals surface area contributed by atoms with E-state index in [0.29, 0.717) is 6.04 Å². The van der Waals surface area contributed by atoms with Gasteiger partial charge in [0.2, 0.25) is 0 Å². The summed E-state index contributed by atoms with van der Waals surface area (Å²) in [5, 5.41) is 0.878. The van der Waals surface area contributed by atoms with Gasteiger partial charge >= 0.3 is 0 Å². The second-order valence-corrected chi connectivity index (χ2v) is 6.36. The Hall–Kier alpha value is -0.530. The smallest absolute Gasteiger partial charge is 0.0441 e. The summed E-state index contributed by atoms with van der Waals surface area (Å²) in [4.78, 5) is 0. The molecule has 2 fully saturated rings. The van der Waals surface area contributed by atoms with Gasteiger partial charge in [0.1, 0.15) is 0 Å². The number of rotatable bonds is 3. The molecule has 0 radical (unpaired) electrons. The quantitative estimate of drug-likeness (QED) is 0.871. The SMILES string of the molecule is Cc1ccc(CC(N)C2CC3CC3C2)c(Cl)c1. The van der Waals surface area contributed by atoms with E-state index in [1.54, 1.807) is 0 Å². The first-order valence-corrected chi connectivity index (χ1v) is 7.02. The van der Waals surface area contributed by atoms with Gasteiger partial charge < -0.3 is 5.73 Å². The fourth-order valence-corrected chi connectivity index (χ4v) is 3.66. The highest BCUT2D eigenvalue weighted by atomic mass is 35.5. The molecule has 0 heterocycles. The Labute approximate surface area is 108 Å². The van der Waals surface area contributed by atoms with E-state index in [9.17, 15) is 0 Å². The zero-order chi connectivity index (χ0) is 12.0. The lowest BCUT2D eigenvalue weighted by Gasteiger charge is -2.21. The zero-order valence-electron chi connectivity index (χ0n) is 10.3. The second kappa shape index (κ2) is 4.29. The van der Waals surface area contributed by atoms with Crippen LogP contribution in [0.25, 0.3) is 0 Å². The van der Waals surface area contributed by atoms with Crippen LogP contribution in [0.3, 0.4) is 0 Å². The molecule has 0 bridgehead atoms. The largest absolute Gasteiger partial charge is 0.327 e. The highest BCUT2D eigenvalue weighted by molar-refractivity contribution is 6.31. The van der Waals surface area contributed by atoms with Crippen LogP contribution in [0.2, 0.25) is 5.02 Å². The third-order valence-corrected chi connectivity index (χ3v) is 4.90. The maximum Gasteiger partial charge on any atom is 0.0441 e. The predicted molar refractivity (Wildman–Crippen MR) is 72.2 cm³/mol. The van der Waals surface area contributed by atoms with Crippen molar-refractivity contribution < 1.29 is 0 Å². The van der Waals surface area contributed by atoms with Gasteiger partial charge in [-0.1, -0.05) is 23.7 Å². The standard InChI is InChI=1S/C15H20ClN/c1-9-2-3-10(14(16)4-9)8-15(17)13-6-11-5-12(11)7-13/h2-4,11-13,15H,5-8,17H2,1H3. The fourth-order valence-electron chi connectivity index (χ4n) is 3.35. The van der Waals surface area contributed by atoms with E-state index in [0.717, 1.165) is 29.2 Å². The van der Waals surface area contributed by atoms with Gasteiger partial charge in [-0.05, 0) is 67.6 Å². The van der Waals surface area contributed by atoms with Crippen molar-refractivity contribution >= 4 is 11.6 Å². The molecule has 1 nitrogen and oxygen atoms in total. The minimum absolute atomic E-state index is 0.294. The summed E-state index contributed by atoms with van der Waals surface area (Å²) >= 11 is 6.26. The number of nitrogens with two attached hydrogens (primary N) is 1. The summed E-state index contributed by atoms with van der Waals surface area (Å²) in [5.41, 5.74) is 8.77. The molecule has 2 heteroatoms. The molecule has 0 aromatic heterocycles. The van der Waals surface area contributed by atoms with Crippen molar-refractivity contribution in [1.29, 1.82) is 0 Å². The van der Waals surface area contributed by atoms with E-state index >= 15 is 0 Å². The lowest BCUT2D eigenvalue weighted by Crippen LogP contribution is -2.31. The van der Waals surface area contributed by atoms with Crippen molar-refractivity contribution in [2.45, 2.75) is 38.6 Å². The molecule has 0 spiro atoms. The molecular formula is C15H20ClN. The highest BCUT2D eigenvalue weighted by Gasteiger charge is 2.47. The topological polar surface area (TPSA) is 26.0 Å². The normalized spacial score (nSPS) is 32.3. The number of fused-ring (bicyclic) bond motifs is 1. The van der Waals surface area contributed by atoms with Crippen molar-refractivity contribution in [2.75, 3.05) is 0 Å². The van der Waals surface area contributed by atoms with E-state index in [4.69, 9.17) is 17.3 Å². The summed E-state index contributed by atoms with van der Waals surface area (Å²) in [5.74, 6) is 2.76. The Balaban J connectivity index is 1.65. The Morgan fingerprint density at radius 1 is 1.29 bits per heavy atom. The summed E-state index contributed by atoms with van der Waals surface area (Å²) in [7, 11) is 0. The van der Waals surface area contributed by atoms with Gasteiger partial charge in [0.15, 0.2) is 0 Å². The van der Waals surface area contributed by atoms with Crippen LogP contribution in [0.1, 0.15) is 30.4 Å². The Morgan fingerprint density at radius 2 is 2.00 bits per heavy atom. The third-order valence-electron chi connectivity index (χ3n) is 4.55. The Kier molecular flexibility index (Phi) is 2.92. The molecule has 2 aliphatic carbocycles. The summed E-state index contributed by atoms with van der Waals surface area (Å²) in [6.07, 6.45) is 5.11. The van der Waals surface area contributed by atoms with Gasteiger partial charge in [-0.15, -0.1) is 0 Å². The van der Waals surface area contributed by atoms with Gasteiger partial charge in [-0.3, -0.25) is 0 Å². The zero-order valence-corrected chi connectivity index (χ0v) is 11.1. The number of benzene rings is 1. The molecule has 92 valence electrons. The maximum absolute atomic E-state index is 6.34. The second-order valence-electron chi connectivity index (χ2n) is 5.95. The van der Waals surface area contributed by atoms with Crippen LogP contribution in [0.4, 0.5) is 0 Å². The number of aryl methyl sites for hydroxylation is 1. The van der Waals surface area contributed by atoms with Crippen LogP contribution in [-0.2, 0) is 6.42 Å². The van der Waals surface area contributed by atoms with Crippen molar-refractivity contribution in [1.82, 2.24) is 0 Å². The molecule has 0 aliphatic heterocycles. The molecule has 1 aromatic carbocycles. The van der Waals surface area contributed by atoms with Crippen molar-refractivity contribution in [2.24, 2.45) is 23.5 Å². The fraction of sp³-hybridized carbons (Fsp3) is 0.600. The number of hydrogen-bond acceptors (Lipinski definition) is 1. The molecule has 3 unspecified atom stereocenters. The van der Waals surface area contributed by atoms with E-state index in [-0.39, 0.29) is 0 Å². The van der Waals surface area contributed by atoms with Crippen LogP contribution in [0.5, 0.6) is 0 Å². The molecule has 0 amide bonds. The highest BCUT2D eigenvalue weighted by Crippen LogP contribution is 2.55. The summed E-state index contributed by atoms with van der Waals surface area (Å²) in [6, 6.07) is 6.59. The van der Waals surface area contributed by atoms with Crippen molar-refractivity contribution in [3.8, 4) is 0 Å². The van der Waals surface area contributed by atoms with Crippen LogP contribution in [-0.4, -0.2) is 6.04 Å². The molecule has 2 aliphatic rings. The lowest BCUT2D eigenvalue weighted by atomic mass is 9.90. The average Bonchev–Trinajstić information content (AvgIpc) is 2.89. The predicted octanol–water partition coefficient (Wildman–Crippen LogP) is 3.56. The molecule has 17 heavy (non-hydrogen) atoms. The van der Waals surface area contributed by atoms with Gasteiger partial charge in [-0.2, -0.15) is 0 Å². The molecular weight excluding hydrogens is 230 g/mol. The average molecular weight is 250 g/mol. The minimum atomic E-state index is 0.294. The Morgan fingerprint density at radius 3 is 2.65 bits per heavy atom. The minimum Gasteiger partial charge on any atom is -0.327 e. The summed E-state index contributed by atoms with van der Waals surface area (Å²) < 4.78 is 0. The van der Waals surface area contributed by atoms with E-state index < -0.39 is 0 Å². The van der Waals surface area contributed by atoms with Crippen LogP contribution < -0.4 is 5.73 Å². The number of halogens is 1.